The number of hydrogen-bond donors (Lipinski definition) is 3. The molecule has 136 valence electrons. The topological polar surface area (TPSA) is 92.4 Å². The van der Waals surface area contributed by atoms with Gasteiger partial charge in [-0.3, -0.25) is 9.59 Å². The standard InChI is InChI=1S/C18H36N2O3/c1-6-7-8-13(4)14(5)15(10-17(21)22)11-20-18(23)16(19)9-12(2)3/h12-16H,6-11,19H2,1-5H3,(H,20,23)(H,21,22)/t13-,14-,15+,16+/m1/s1. The molecule has 0 saturated heterocycles. The van der Waals surface area contributed by atoms with Crippen LogP contribution in [-0.4, -0.2) is 29.6 Å². The Hall–Kier alpha value is -1.10. The van der Waals surface area contributed by atoms with E-state index >= 15 is 0 Å². The Morgan fingerprint density at radius 1 is 1.17 bits per heavy atom. The summed E-state index contributed by atoms with van der Waals surface area (Å²) in [7, 11) is 0. The molecule has 0 rings (SSSR count). The Bertz CT molecular complexity index is 358. The van der Waals surface area contributed by atoms with Crippen molar-refractivity contribution in [2.75, 3.05) is 6.54 Å². The Labute approximate surface area is 141 Å². The van der Waals surface area contributed by atoms with Crippen molar-refractivity contribution in [3.8, 4) is 0 Å². The van der Waals surface area contributed by atoms with Crippen molar-refractivity contribution in [3.05, 3.63) is 0 Å². The van der Waals surface area contributed by atoms with Gasteiger partial charge in [0.1, 0.15) is 0 Å². The second-order valence-corrected chi connectivity index (χ2v) is 7.32. The summed E-state index contributed by atoms with van der Waals surface area (Å²) in [6.07, 6.45) is 4.10. The van der Waals surface area contributed by atoms with Gasteiger partial charge in [0.25, 0.3) is 0 Å². The number of carboxylic acids is 1. The van der Waals surface area contributed by atoms with Gasteiger partial charge in [0.2, 0.25) is 5.91 Å². The van der Waals surface area contributed by atoms with Crippen molar-refractivity contribution in [3.63, 3.8) is 0 Å². The monoisotopic (exact) mass is 328 g/mol. The lowest BCUT2D eigenvalue weighted by molar-refractivity contribution is -0.139. The molecule has 5 nitrogen and oxygen atoms in total. The van der Waals surface area contributed by atoms with Gasteiger partial charge in [-0.1, -0.05) is 53.9 Å². The van der Waals surface area contributed by atoms with E-state index in [9.17, 15) is 9.59 Å². The summed E-state index contributed by atoms with van der Waals surface area (Å²) < 4.78 is 0. The van der Waals surface area contributed by atoms with Crippen molar-refractivity contribution < 1.29 is 14.7 Å². The molecule has 0 aliphatic heterocycles. The molecule has 0 spiro atoms. The molecule has 0 radical (unpaired) electrons. The van der Waals surface area contributed by atoms with E-state index in [0.29, 0.717) is 24.8 Å². The third kappa shape index (κ3) is 9.59. The highest BCUT2D eigenvalue weighted by Crippen LogP contribution is 2.27. The fraction of sp³-hybridized carbons (Fsp3) is 0.889. The van der Waals surface area contributed by atoms with Gasteiger partial charge in [0.15, 0.2) is 0 Å². The smallest absolute Gasteiger partial charge is 0.303 e. The summed E-state index contributed by atoms with van der Waals surface area (Å²) in [6.45, 7) is 10.8. The molecular formula is C18H36N2O3. The van der Waals surface area contributed by atoms with E-state index in [0.717, 1.165) is 19.3 Å². The van der Waals surface area contributed by atoms with Gasteiger partial charge in [-0.2, -0.15) is 0 Å². The molecular weight excluding hydrogens is 292 g/mol. The third-order valence-corrected chi connectivity index (χ3v) is 4.69. The van der Waals surface area contributed by atoms with E-state index in [-0.39, 0.29) is 24.2 Å². The van der Waals surface area contributed by atoms with Crippen LogP contribution < -0.4 is 11.1 Å². The van der Waals surface area contributed by atoms with Crippen LogP contribution in [0.25, 0.3) is 0 Å². The molecule has 1 amide bonds. The molecule has 4 atom stereocenters. The molecule has 0 saturated carbocycles. The number of carboxylic acid groups (broad SMARTS) is 1. The molecule has 0 aromatic carbocycles. The molecule has 4 N–H and O–H groups in total. The number of carbonyl (C=O) groups excluding carboxylic acids is 1. The number of nitrogens with one attached hydrogen (secondary N) is 1. The third-order valence-electron chi connectivity index (χ3n) is 4.69. The van der Waals surface area contributed by atoms with Crippen LogP contribution in [0.2, 0.25) is 0 Å². The Kier molecular flexibility index (Phi) is 10.9. The van der Waals surface area contributed by atoms with E-state index < -0.39 is 12.0 Å². The zero-order valence-corrected chi connectivity index (χ0v) is 15.5. The van der Waals surface area contributed by atoms with Crippen LogP contribution in [-0.2, 0) is 9.59 Å². The lowest BCUT2D eigenvalue weighted by Crippen LogP contribution is -2.44. The van der Waals surface area contributed by atoms with Crippen LogP contribution in [0.1, 0.15) is 66.7 Å². The highest BCUT2D eigenvalue weighted by atomic mass is 16.4. The number of unbranched alkanes of at least 4 members (excludes halogenated alkanes) is 1. The number of carbonyl (C=O) groups is 2. The van der Waals surface area contributed by atoms with Crippen molar-refractivity contribution >= 4 is 11.9 Å². The zero-order valence-electron chi connectivity index (χ0n) is 15.5. The number of nitrogens with two attached hydrogens (primary N) is 1. The largest absolute Gasteiger partial charge is 0.481 e. The van der Waals surface area contributed by atoms with E-state index in [4.69, 9.17) is 10.8 Å². The molecule has 0 aromatic heterocycles. The van der Waals surface area contributed by atoms with Crippen LogP contribution in [0.15, 0.2) is 0 Å². The SMILES string of the molecule is CCCC[C@@H](C)[C@@H](C)[C@H](CNC(=O)[C@@H](N)CC(C)C)CC(=O)O. The molecule has 23 heavy (non-hydrogen) atoms. The van der Waals surface area contributed by atoms with Crippen LogP contribution in [0.5, 0.6) is 0 Å². The molecule has 0 unspecified atom stereocenters. The number of rotatable bonds is 12. The van der Waals surface area contributed by atoms with Gasteiger partial charge in [-0.15, -0.1) is 0 Å². The highest BCUT2D eigenvalue weighted by molar-refractivity contribution is 5.81. The van der Waals surface area contributed by atoms with Crippen molar-refractivity contribution in [2.24, 2.45) is 29.4 Å². The molecule has 0 fully saturated rings. The maximum absolute atomic E-state index is 12.0. The fourth-order valence-corrected chi connectivity index (χ4v) is 2.90. The van der Waals surface area contributed by atoms with E-state index in [1.54, 1.807) is 0 Å². The second kappa shape index (κ2) is 11.4. The lowest BCUT2D eigenvalue weighted by Gasteiger charge is -2.28. The molecule has 0 aliphatic carbocycles. The number of hydrogen-bond acceptors (Lipinski definition) is 3. The highest BCUT2D eigenvalue weighted by Gasteiger charge is 2.26. The maximum atomic E-state index is 12.0. The van der Waals surface area contributed by atoms with Gasteiger partial charge >= 0.3 is 5.97 Å². The van der Waals surface area contributed by atoms with Gasteiger partial charge in [-0.05, 0) is 30.1 Å². The first-order valence-corrected chi connectivity index (χ1v) is 8.94. The summed E-state index contributed by atoms with van der Waals surface area (Å²) in [5.41, 5.74) is 5.88. The summed E-state index contributed by atoms with van der Waals surface area (Å²) >= 11 is 0. The Balaban J connectivity index is 4.60. The summed E-state index contributed by atoms with van der Waals surface area (Å²) in [6, 6.07) is -0.520. The summed E-state index contributed by atoms with van der Waals surface area (Å²) in [4.78, 5) is 23.2. The van der Waals surface area contributed by atoms with Crippen LogP contribution in [0, 0.1) is 23.7 Å². The van der Waals surface area contributed by atoms with Gasteiger partial charge in [0, 0.05) is 6.54 Å². The minimum Gasteiger partial charge on any atom is -0.481 e. The fourth-order valence-electron chi connectivity index (χ4n) is 2.90. The minimum absolute atomic E-state index is 0.0606. The predicted molar refractivity (Wildman–Crippen MR) is 94.0 cm³/mol. The molecule has 0 aromatic rings. The number of amides is 1. The average Bonchev–Trinajstić information content (AvgIpc) is 2.46. The zero-order chi connectivity index (χ0) is 18.0. The van der Waals surface area contributed by atoms with Crippen LogP contribution in [0.4, 0.5) is 0 Å². The summed E-state index contributed by atoms with van der Waals surface area (Å²) in [5, 5.41) is 12.0. The molecule has 5 heteroatoms. The predicted octanol–water partition coefficient (Wildman–Crippen LogP) is 3.03. The van der Waals surface area contributed by atoms with E-state index in [1.165, 1.54) is 0 Å². The maximum Gasteiger partial charge on any atom is 0.303 e. The first kappa shape index (κ1) is 21.9. The average molecular weight is 328 g/mol. The van der Waals surface area contributed by atoms with Gasteiger partial charge in [-0.25, -0.2) is 0 Å². The number of aliphatic carboxylic acids is 1. The van der Waals surface area contributed by atoms with Crippen molar-refractivity contribution in [2.45, 2.75) is 72.8 Å². The first-order chi connectivity index (χ1) is 10.7. The molecule has 0 bridgehead atoms. The quantitative estimate of drug-likeness (QED) is 0.513. The van der Waals surface area contributed by atoms with Crippen LogP contribution >= 0.6 is 0 Å². The van der Waals surface area contributed by atoms with E-state index in [2.05, 4.69) is 26.1 Å². The first-order valence-electron chi connectivity index (χ1n) is 8.94. The van der Waals surface area contributed by atoms with Crippen molar-refractivity contribution in [1.29, 1.82) is 0 Å². The van der Waals surface area contributed by atoms with Gasteiger partial charge in [0.05, 0.1) is 12.5 Å². The summed E-state index contributed by atoms with van der Waals surface area (Å²) in [5.74, 6) is 0.000643. The Morgan fingerprint density at radius 3 is 2.26 bits per heavy atom. The van der Waals surface area contributed by atoms with E-state index in [1.807, 2.05) is 13.8 Å². The van der Waals surface area contributed by atoms with Gasteiger partial charge < -0.3 is 16.2 Å². The lowest BCUT2D eigenvalue weighted by atomic mass is 9.79. The Morgan fingerprint density at radius 2 is 1.78 bits per heavy atom. The van der Waals surface area contributed by atoms with Crippen molar-refractivity contribution in [1.82, 2.24) is 5.32 Å². The van der Waals surface area contributed by atoms with Crippen LogP contribution in [0.3, 0.4) is 0 Å². The second-order valence-electron chi connectivity index (χ2n) is 7.32. The minimum atomic E-state index is -0.815. The normalized spacial score (nSPS) is 16.7. The molecule has 0 aliphatic rings. The molecule has 0 heterocycles.